The van der Waals surface area contributed by atoms with Crippen LogP contribution in [0.1, 0.15) is 28.8 Å². The molecule has 0 atom stereocenters. The third-order valence-electron chi connectivity index (χ3n) is 4.33. The van der Waals surface area contributed by atoms with Crippen molar-refractivity contribution in [1.82, 2.24) is 4.72 Å². The maximum atomic E-state index is 12.1. The fourth-order valence-electron chi connectivity index (χ4n) is 3.06. The second-order valence-electron chi connectivity index (χ2n) is 6.31. The molecule has 140 valence electrons. The second kappa shape index (κ2) is 8.20. The predicted molar refractivity (Wildman–Crippen MR) is 107 cm³/mol. The highest BCUT2D eigenvalue weighted by Crippen LogP contribution is 2.27. The summed E-state index contributed by atoms with van der Waals surface area (Å²) < 4.78 is 27.2. The van der Waals surface area contributed by atoms with Gasteiger partial charge in [0.1, 0.15) is 4.21 Å². The highest BCUT2D eigenvalue weighted by atomic mass is 32.2. The average molecular weight is 393 g/mol. The Morgan fingerprint density at radius 3 is 2.81 bits per heavy atom. The summed E-state index contributed by atoms with van der Waals surface area (Å²) in [6.45, 7) is 2.36. The van der Waals surface area contributed by atoms with Gasteiger partial charge in [0, 0.05) is 17.1 Å². The highest BCUT2D eigenvalue weighted by molar-refractivity contribution is 7.91. The van der Waals surface area contributed by atoms with E-state index in [0.717, 1.165) is 23.4 Å². The Kier molecular flexibility index (Phi) is 5.95. The first kappa shape index (κ1) is 18.9. The van der Waals surface area contributed by atoms with E-state index < -0.39 is 10.0 Å². The van der Waals surface area contributed by atoms with E-state index in [9.17, 15) is 8.42 Å². The molecule has 26 heavy (non-hydrogen) atoms. The van der Waals surface area contributed by atoms with Crippen LogP contribution in [-0.4, -0.2) is 27.5 Å². The minimum atomic E-state index is -3.47. The van der Waals surface area contributed by atoms with E-state index in [1.165, 1.54) is 35.3 Å². The topological polar surface area (TPSA) is 96.6 Å². The summed E-state index contributed by atoms with van der Waals surface area (Å²) in [4.78, 5) is 5.19. The number of rotatable bonds is 6. The number of nitrogens with zero attached hydrogens (tertiary/aromatic N) is 1. The van der Waals surface area contributed by atoms with Crippen LogP contribution in [-0.2, 0) is 22.9 Å². The lowest BCUT2D eigenvalue weighted by atomic mass is 9.90. The third kappa shape index (κ3) is 4.63. The van der Waals surface area contributed by atoms with Crippen LogP contribution in [0, 0.1) is 6.92 Å². The number of anilines is 1. The molecule has 4 N–H and O–H groups in total. The van der Waals surface area contributed by atoms with Crippen LogP contribution in [0.4, 0.5) is 5.69 Å². The van der Waals surface area contributed by atoms with Crippen molar-refractivity contribution in [2.24, 2.45) is 10.7 Å². The maximum Gasteiger partial charge on any atom is 0.250 e. The van der Waals surface area contributed by atoms with Crippen LogP contribution in [0.5, 0.6) is 0 Å². The molecular weight excluding hydrogens is 368 g/mol. The standard InChI is InChI=1S/C18H24N4O2S2/c1-13-9-10-17(25-13)26(23,24)21-12-11-20-18(19)22-16-8-4-6-14-5-2-3-7-15(14)16/h4,6,8-10,21H,2-3,5,7,11-12H2,1H3,(H3,19,20,22). The van der Waals surface area contributed by atoms with Gasteiger partial charge in [0.15, 0.2) is 5.96 Å². The molecule has 1 aromatic heterocycles. The quantitative estimate of drug-likeness (QED) is 0.400. The summed E-state index contributed by atoms with van der Waals surface area (Å²) >= 11 is 1.25. The van der Waals surface area contributed by atoms with E-state index in [1.807, 2.05) is 19.1 Å². The van der Waals surface area contributed by atoms with Crippen molar-refractivity contribution in [1.29, 1.82) is 0 Å². The van der Waals surface area contributed by atoms with Gasteiger partial charge in [-0.15, -0.1) is 11.3 Å². The van der Waals surface area contributed by atoms with E-state index in [1.54, 1.807) is 12.1 Å². The Bertz CT molecular complexity index is 904. The predicted octanol–water partition coefficient (Wildman–Crippen LogP) is 2.64. The maximum absolute atomic E-state index is 12.1. The molecule has 0 fully saturated rings. The SMILES string of the molecule is Cc1ccc(S(=O)(=O)NCCN=C(N)Nc2cccc3c2CCCC3)s1. The monoisotopic (exact) mass is 392 g/mol. The number of aryl methyl sites for hydroxylation is 2. The van der Waals surface area contributed by atoms with Crippen LogP contribution < -0.4 is 15.8 Å². The summed E-state index contributed by atoms with van der Waals surface area (Å²) in [5.74, 6) is 0.301. The summed E-state index contributed by atoms with van der Waals surface area (Å²) in [5.41, 5.74) is 9.64. The van der Waals surface area contributed by atoms with Gasteiger partial charge < -0.3 is 11.1 Å². The summed E-state index contributed by atoms with van der Waals surface area (Å²) in [6.07, 6.45) is 4.56. The zero-order chi connectivity index (χ0) is 18.6. The number of guanidine groups is 1. The Morgan fingerprint density at radius 1 is 1.23 bits per heavy atom. The Balaban J connectivity index is 1.55. The van der Waals surface area contributed by atoms with Crippen molar-refractivity contribution in [2.75, 3.05) is 18.4 Å². The van der Waals surface area contributed by atoms with Crippen molar-refractivity contribution in [3.63, 3.8) is 0 Å². The zero-order valence-electron chi connectivity index (χ0n) is 14.8. The number of sulfonamides is 1. The number of aliphatic imine (C=N–C) groups is 1. The van der Waals surface area contributed by atoms with Gasteiger partial charge in [-0.2, -0.15) is 0 Å². The van der Waals surface area contributed by atoms with E-state index >= 15 is 0 Å². The van der Waals surface area contributed by atoms with Crippen molar-refractivity contribution in [2.45, 2.75) is 36.8 Å². The van der Waals surface area contributed by atoms with Crippen LogP contribution in [0.3, 0.4) is 0 Å². The molecule has 0 spiro atoms. The fraction of sp³-hybridized carbons (Fsp3) is 0.389. The molecular formula is C18H24N4O2S2. The largest absolute Gasteiger partial charge is 0.370 e. The van der Waals surface area contributed by atoms with Crippen LogP contribution in [0.25, 0.3) is 0 Å². The van der Waals surface area contributed by atoms with E-state index in [2.05, 4.69) is 21.1 Å². The highest BCUT2D eigenvalue weighted by Gasteiger charge is 2.15. The lowest BCUT2D eigenvalue weighted by molar-refractivity contribution is 0.584. The van der Waals surface area contributed by atoms with E-state index in [4.69, 9.17) is 5.73 Å². The average Bonchev–Trinajstić information content (AvgIpc) is 3.07. The number of hydrogen-bond acceptors (Lipinski definition) is 4. The number of fused-ring (bicyclic) bond motifs is 1. The van der Waals surface area contributed by atoms with Crippen molar-refractivity contribution in [3.05, 3.63) is 46.3 Å². The number of benzene rings is 1. The molecule has 0 saturated carbocycles. The van der Waals surface area contributed by atoms with E-state index in [0.29, 0.717) is 10.2 Å². The van der Waals surface area contributed by atoms with Gasteiger partial charge in [-0.05, 0) is 61.9 Å². The first-order valence-corrected chi connectivity index (χ1v) is 11.0. The molecule has 1 heterocycles. The van der Waals surface area contributed by atoms with Crippen molar-refractivity contribution in [3.8, 4) is 0 Å². The van der Waals surface area contributed by atoms with Crippen LogP contribution in [0.15, 0.2) is 39.5 Å². The lowest BCUT2D eigenvalue weighted by Gasteiger charge is -2.19. The number of nitrogens with one attached hydrogen (secondary N) is 2. The van der Waals surface area contributed by atoms with Gasteiger partial charge in [0.05, 0.1) is 6.54 Å². The molecule has 0 unspecified atom stereocenters. The fourth-order valence-corrected chi connectivity index (χ4v) is 5.41. The number of nitrogens with two attached hydrogens (primary N) is 1. The van der Waals surface area contributed by atoms with Crippen molar-refractivity contribution < 1.29 is 8.42 Å². The molecule has 0 radical (unpaired) electrons. The normalized spacial score (nSPS) is 14.9. The molecule has 1 aliphatic carbocycles. The molecule has 3 rings (SSSR count). The van der Waals surface area contributed by atoms with Gasteiger partial charge in [-0.3, -0.25) is 4.99 Å². The van der Waals surface area contributed by atoms with Crippen LogP contribution >= 0.6 is 11.3 Å². The van der Waals surface area contributed by atoms with Crippen molar-refractivity contribution >= 4 is 33.0 Å². The summed E-state index contributed by atoms with van der Waals surface area (Å²) in [6, 6.07) is 9.60. The zero-order valence-corrected chi connectivity index (χ0v) is 16.4. The van der Waals surface area contributed by atoms with Crippen LogP contribution in [0.2, 0.25) is 0 Å². The molecule has 0 saturated heterocycles. The Hall–Kier alpha value is -1.90. The molecule has 6 nitrogen and oxygen atoms in total. The summed E-state index contributed by atoms with van der Waals surface area (Å²) in [5, 5.41) is 3.16. The molecule has 2 aromatic rings. The van der Waals surface area contributed by atoms with Gasteiger partial charge in [-0.1, -0.05) is 12.1 Å². The Morgan fingerprint density at radius 2 is 2.04 bits per heavy atom. The Labute approximate surface area is 158 Å². The van der Waals surface area contributed by atoms with Gasteiger partial charge in [-0.25, -0.2) is 13.1 Å². The molecule has 0 bridgehead atoms. The number of hydrogen-bond donors (Lipinski definition) is 3. The summed E-state index contributed by atoms with van der Waals surface area (Å²) in [7, 11) is -3.47. The molecule has 0 aliphatic heterocycles. The first-order chi connectivity index (χ1) is 12.5. The first-order valence-electron chi connectivity index (χ1n) is 8.69. The van der Waals surface area contributed by atoms with Gasteiger partial charge >= 0.3 is 0 Å². The molecule has 1 aromatic carbocycles. The van der Waals surface area contributed by atoms with E-state index in [-0.39, 0.29) is 13.1 Å². The molecule has 8 heteroatoms. The molecule has 0 amide bonds. The van der Waals surface area contributed by atoms with Gasteiger partial charge in [0.2, 0.25) is 10.0 Å². The minimum absolute atomic E-state index is 0.203. The smallest absolute Gasteiger partial charge is 0.250 e. The minimum Gasteiger partial charge on any atom is -0.370 e. The third-order valence-corrected chi connectivity index (χ3v) is 7.28. The van der Waals surface area contributed by atoms with Gasteiger partial charge in [0.25, 0.3) is 0 Å². The second-order valence-corrected chi connectivity index (χ2v) is 9.59. The lowest BCUT2D eigenvalue weighted by Crippen LogP contribution is -2.28. The molecule has 1 aliphatic rings. The number of thiophene rings is 1.